The van der Waals surface area contributed by atoms with E-state index in [1.54, 1.807) is 13.8 Å². The zero-order valence-corrected chi connectivity index (χ0v) is 12.6. The first-order valence-electron chi connectivity index (χ1n) is 5.99. The summed E-state index contributed by atoms with van der Waals surface area (Å²) in [6.45, 7) is 7.77. The minimum absolute atomic E-state index is 0.211. The van der Waals surface area contributed by atoms with Crippen molar-refractivity contribution in [3.05, 3.63) is 0 Å². The van der Waals surface area contributed by atoms with Crippen LogP contribution in [0.4, 0.5) is 0 Å². The highest BCUT2D eigenvalue weighted by molar-refractivity contribution is 7.88. The molecule has 0 heterocycles. The Bertz CT molecular complexity index is 365. The predicted molar refractivity (Wildman–Crippen MR) is 70.8 cm³/mol. The van der Waals surface area contributed by atoms with Crippen LogP contribution < -0.4 is 10.0 Å². The quantitative estimate of drug-likeness (QED) is 0.667. The van der Waals surface area contributed by atoms with Gasteiger partial charge in [-0.25, -0.2) is 13.1 Å². The van der Waals surface area contributed by atoms with Crippen LogP contribution in [0.2, 0.25) is 0 Å². The maximum Gasteiger partial charge on any atom is 0.249 e. The van der Waals surface area contributed by atoms with Crippen molar-refractivity contribution in [3.63, 3.8) is 0 Å². The van der Waals surface area contributed by atoms with Gasteiger partial charge in [0, 0.05) is 18.7 Å². The molecular weight excluding hydrogens is 256 g/mol. The number of hydrogen-bond acceptors (Lipinski definition) is 4. The minimum atomic E-state index is -3.30. The second-order valence-electron chi connectivity index (χ2n) is 4.83. The van der Waals surface area contributed by atoms with Crippen molar-refractivity contribution in [3.8, 4) is 0 Å². The summed E-state index contributed by atoms with van der Waals surface area (Å²) in [6, 6.07) is 0. The lowest BCUT2D eigenvalue weighted by molar-refractivity contribution is -0.132. The van der Waals surface area contributed by atoms with Crippen LogP contribution in [0, 0.1) is 0 Å². The molecule has 0 unspecified atom stereocenters. The molecule has 0 fully saturated rings. The van der Waals surface area contributed by atoms with E-state index in [1.807, 2.05) is 13.8 Å². The highest BCUT2D eigenvalue weighted by Crippen LogP contribution is 2.03. The second kappa shape index (κ2) is 7.06. The fourth-order valence-corrected chi connectivity index (χ4v) is 2.62. The van der Waals surface area contributed by atoms with E-state index < -0.39 is 21.7 Å². The van der Waals surface area contributed by atoms with E-state index in [0.717, 1.165) is 6.26 Å². The molecule has 18 heavy (non-hydrogen) atoms. The molecule has 108 valence electrons. The van der Waals surface area contributed by atoms with Gasteiger partial charge in [-0.1, -0.05) is 6.92 Å². The average molecular weight is 280 g/mol. The molecule has 0 aliphatic heterocycles. The number of ether oxygens (including phenoxy) is 1. The standard InChI is InChI=1S/C11H24N2O4S/c1-6-9(17-7-2)10(14)12-8-11(3,4)13-18(5,15)16/h9,13H,6-8H2,1-5H3,(H,12,14)/t9-/m0/s1. The summed E-state index contributed by atoms with van der Waals surface area (Å²) in [5.41, 5.74) is -0.728. The molecule has 0 saturated carbocycles. The second-order valence-corrected chi connectivity index (χ2v) is 6.58. The zero-order chi connectivity index (χ0) is 14.4. The number of amides is 1. The summed E-state index contributed by atoms with van der Waals surface area (Å²) < 4.78 is 30.0. The molecule has 0 aromatic carbocycles. The SMILES string of the molecule is CCO[C@@H](CC)C(=O)NCC(C)(C)NS(C)(=O)=O. The van der Waals surface area contributed by atoms with Gasteiger partial charge >= 0.3 is 0 Å². The highest BCUT2D eigenvalue weighted by atomic mass is 32.2. The number of sulfonamides is 1. The van der Waals surface area contributed by atoms with Crippen molar-refractivity contribution >= 4 is 15.9 Å². The average Bonchev–Trinajstić information content (AvgIpc) is 2.19. The van der Waals surface area contributed by atoms with Gasteiger partial charge in [0.1, 0.15) is 6.10 Å². The Hall–Kier alpha value is -0.660. The highest BCUT2D eigenvalue weighted by Gasteiger charge is 2.24. The smallest absolute Gasteiger partial charge is 0.249 e. The third-order valence-electron chi connectivity index (χ3n) is 2.20. The van der Waals surface area contributed by atoms with Crippen LogP contribution in [0.15, 0.2) is 0 Å². The van der Waals surface area contributed by atoms with Crippen molar-refractivity contribution in [2.24, 2.45) is 0 Å². The molecule has 1 atom stereocenters. The van der Waals surface area contributed by atoms with E-state index in [0.29, 0.717) is 13.0 Å². The van der Waals surface area contributed by atoms with Crippen LogP contribution in [0.3, 0.4) is 0 Å². The van der Waals surface area contributed by atoms with Gasteiger partial charge in [-0.05, 0) is 27.2 Å². The first-order chi connectivity index (χ1) is 8.11. The minimum Gasteiger partial charge on any atom is -0.369 e. The summed E-state index contributed by atoms with van der Waals surface area (Å²) in [5.74, 6) is -0.220. The lowest BCUT2D eigenvalue weighted by Gasteiger charge is -2.26. The van der Waals surface area contributed by atoms with Gasteiger partial charge < -0.3 is 10.1 Å². The lowest BCUT2D eigenvalue weighted by Crippen LogP contribution is -2.52. The predicted octanol–water partition coefficient (Wildman–Crippen LogP) is 0.246. The number of carbonyl (C=O) groups excluding carboxylic acids is 1. The molecule has 0 bridgehead atoms. The van der Waals surface area contributed by atoms with Crippen LogP contribution in [-0.2, 0) is 19.6 Å². The molecule has 0 aliphatic rings. The largest absolute Gasteiger partial charge is 0.369 e. The fourth-order valence-electron chi connectivity index (χ4n) is 1.54. The van der Waals surface area contributed by atoms with E-state index in [2.05, 4.69) is 10.0 Å². The molecular formula is C11H24N2O4S. The first kappa shape index (κ1) is 17.3. The number of nitrogens with one attached hydrogen (secondary N) is 2. The van der Waals surface area contributed by atoms with E-state index in [9.17, 15) is 13.2 Å². The van der Waals surface area contributed by atoms with Crippen molar-refractivity contribution < 1.29 is 17.9 Å². The van der Waals surface area contributed by atoms with Crippen molar-refractivity contribution in [1.29, 1.82) is 0 Å². The van der Waals surface area contributed by atoms with Gasteiger partial charge in [0.25, 0.3) is 0 Å². The van der Waals surface area contributed by atoms with Crippen molar-refractivity contribution in [2.45, 2.75) is 45.8 Å². The van der Waals surface area contributed by atoms with Crippen LogP contribution >= 0.6 is 0 Å². The summed E-state index contributed by atoms with van der Waals surface area (Å²) in [5, 5.41) is 2.69. The van der Waals surface area contributed by atoms with Crippen molar-refractivity contribution in [2.75, 3.05) is 19.4 Å². The van der Waals surface area contributed by atoms with Gasteiger partial charge in [0.05, 0.1) is 6.26 Å². The monoisotopic (exact) mass is 280 g/mol. The number of hydrogen-bond donors (Lipinski definition) is 2. The Kier molecular flexibility index (Phi) is 6.80. The van der Waals surface area contributed by atoms with Crippen LogP contribution in [0.1, 0.15) is 34.1 Å². The molecule has 0 aromatic rings. The van der Waals surface area contributed by atoms with E-state index in [4.69, 9.17) is 4.74 Å². The van der Waals surface area contributed by atoms with E-state index in [1.165, 1.54) is 0 Å². The molecule has 2 N–H and O–H groups in total. The molecule has 1 amide bonds. The molecule has 6 nitrogen and oxygen atoms in total. The zero-order valence-electron chi connectivity index (χ0n) is 11.7. The van der Waals surface area contributed by atoms with E-state index >= 15 is 0 Å². The summed E-state index contributed by atoms with van der Waals surface area (Å²) >= 11 is 0. The lowest BCUT2D eigenvalue weighted by atomic mass is 10.1. The number of carbonyl (C=O) groups is 1. The Morgan fingerprint density at radius 3 is 2.28 bits per heavy atom. The maximum absolute atomic E-state index is 11.8. The molecule has 0 aromatic heterocycles. The molecule has 0 radical (unpaired) electrons. The van der Waals surface area contributed by atoms with Crippen molar-refractivity contribution in [1.82, 2.24) is 10.0 Å². The third kappa shape index (κ3) is 7.62. The Balaban J connectivity index is 4.34. The maximum atomic E-state index is 11.8. The summed E-state index contributed by atoms with van der Waals surface area (Å²) in [4.78, 5) is 11.8. The first-order valence-corrected chi connectivity index (χ1v) is 7.88. The molecule has 0 rings (SSSR count). The third-order valence-corrected chi connectivity index (χ3v) is 3.12. The molecule has 0 aliphatic carbocycles. The van der Waals surface area contributed by atoms with Gasteiger partial charge in [-0.15, -0.1) is 0 Å². The fraction of sp³-hybridized carbons (Fsp3) is 0.909. The normalized spacial score (nSPS) is 14.3. The van der Waals surface area contributed by atoms with E-state index in [-0.39, 0.29) is 12.5 Å². The topological polar surface area (TPSA) is 84.5 Å². The Morgan fingerprint density at radius 2 is 1.89 bits per heavy atom. The van der Waals surface area contributed by atoms with Gasteiger partial charge in [0.2, 0.25) is 15.9 Å². The van der Waals surface area contributed by atoms with Crippen LogP contribution in [0.5, 0.6) is 0 Å². The Labute approximate surface area is 110 Å². The Morgan fingerprint density at radius 1 is 1.33 bits per heavy atom. The molecule has 0 spiro atoms. The summed E-state index contributed by atoms with van der Waals surface area (Å²) in [7, 11) is -3.30. The summed E-state index contributed by atoms with van der Waals surface area (Å²) in [6.07, 6.45) is 1.19. The van der Waals surface area contributed by atoms with Crippen LogP contribution in [0.25, 0.3) is 0 Å². The number of rotatable bonds is 8. The van der Waals surface area contributed by atoms with Gasteiger partial charge in [-0.3, -0.25) is 4.79 Å². The molecule has 7 heteroatoms. The molecule has 0 saturated heterocycles. The van der Waals surface area contributed by atoms with Gasteiger partial charge in [0.15, 0.2) is 0 Å². The van der Waals surface area contributed by atoms with Gasteiger partial charge in [-0.2, -0.15) is 0 Å². The van der Waals surface area contributed by atoms with Crippen LogP contribution in [-0.4, -0.2) is 45.4 Å².